The van der Waals surface area contributed by atoms with Crippen molar-refractivity contribution in [2.75, 3.05) is 6.61 Å². The van der Waals surface area contributed by atoms with Crippen LogP contribution in [0.5, 0.6) is 0 Å². The molecule has 0 saturated carbocycles. The van der Waals surface area contributed by atoms with Gasteiger partial charge in [-0.2, -0.15) is 0 Å². The van der Waals surface area contributed by atoms with Crippen molar-refractivity contribution >= 4 is 27.1 Å². The van der Waals surface area contributed by atoms with Crippen molar-refractivity contribution in [1.82, 2.24) is 0 Å². The van der Waals surface area contributed by atoms with Crippen molar-refractivity contribution in [2.24, 2.45) is 0 Å². The molecule has 0 aliphatic heterocycles. The molecule has 0 spiro atoms. The second-order valence-electron chi connectivity index (χ2n) is 3.13. The maximum Gasteiger partial charge on any atom is 0.324 e. The number of carbonyl (C=O) groups is 1. The average Bonchev–Trinajstić information content (AvgIpc) is 2.71. The van der Waals surface area contributed by atoms with Gasteiger partial charge in [0, 0.05) is 0 Å². The summed E-state index contributed by atoms with van der Waals surface area (Å²) in [5.41, 5.74) is 0. The van der Waals surface area contributed by atoms with Gasteiger partial charge in [-0.3, -0.25) is 4.79 Å². The zero-order chi connectivity index (χ0) is 12.2. The SMILES string of the molecule is CCOC(=O)C(CC)S(=O)(=O)c1cccs1. The highest BCUT2D eigenvalue weighted by molar-refractivity contribution is 7.94. The fraction of sp³-hybridized carbons (Fsp3) is 0.500. The standard InChI is InChI=1S/C10H14O4S2/c1-3-8(10(11)14-4-2)16(12,13)9-6-5-7-15-9/h5-8H,3-4H2,1-2H3. The molecule has 0 aliphatic carbocycles. The molecule has 6 heteroatoms. The Morgan fingerprint density at radius 1 is 1.50 bits per heavy atom. The van der Waals surface area contributed by atoms with E-state index in [1.807, 2.05) is 0 Å². The zero-order valence-corrected chi connectivity index (χ0v) is 10.8. The molecule has 1 atom stereocenters. The largest absolute Gasteiger partial charge is 0.465 e. The monoisotopic (exact) mass is 262 g/mol. The van der Waals surface area contributed by atoms with Crippen LogP contribution in [-0.4, -0.2) is 26.2 Å². The fourth-order valence-electron chi connectivity index (χ4n) is 1.31. The molecule has 0 aliphatic rings. The Hall–Kier alpha value is -0.880. The summed E-state index contributed by atoms with van der Waals surface area (Å²) in [5.74, 6) is -0.668. The first-order valence-electron chi connectivity index (χ1n) is 4.98. The Morgan fingerprint density at radius 2 is 2.19 bits per heavy atom. The van der Waals surface area contributed by atoms with E-state index in [4.69, 9.17) is 4.74 Å². The van der Waals surface area contributed by atoms with Crippen molar-refractivity contribution in [2.45, 2.75) is 29.7 Å². The topological polar surface area (TPSA) is 60.4 Å². The minimum Gasteiger partial charge on any atom is -0.465 e. The molecule has 1 aromatic heterocycles. The van der Waals surface area contributed by atoms with E-state index >= 15 is 0 Å². The summed E-state index contributed by atoms with van der Waals surface area (Å²) in [4.78, 5) is 11.5. The summed E-state index contributed by atoms with van der Waals surface area (Å²) in [6.07, 6.45) is 0.221. The number of carbonyl (C=O) groups excluding carboxylic acids is 1. The molecular formula is C10H14O4S2. The second-order valence-corrected chi connectivity index (χ2v) is 6.43. The second kappa shape index (κ2) is 5.45. The highest BCUT2D eigenvalue weighted by Crippen LogP contribution is 2.23. The highest BCUT2D eigenvalue weighted by Gasteiger charge is 2.34. The van der Waals surface area contributed by atoms with Crippen LogP contribution < -0.4 is 0 Å². The van der Waals surface area contributed by atoms with Crippen LogP contribution in [0.4, 0.5) is 0 Å². The zero-order valence-electron chi connectivity index (χ0n) is 9.17. The molecule has 1 unspecified atom stereocenters. The van der Waals surface area contributed by atoms with E-state index < -0.39 is 21.1 Å². The first-order valence-corrected chi connectivity index (χ1v) is 7.40. The van der Waals surface area contributed by atoms with Crippen molar-refractivity contribution in [1.29, 1.82) is 0 Å². The molecule has 16 heavy (non-hydrogen) atoms. The van der Waals surface area contributed by atoms with E-state index in [1.165, 1.54) is 6.07 Å². The van der Waals surface area contributed by atoms with E-state index in [0.29, 0.717) is 0 Å². The Bertz CT molecular complexity index is 433. The van der Waals surface area contributed by atoms with Crippen LogP contribution in [0.1, 0.15) is 20.3 Å². The molecule has 0 fully saturated rings. The number of hydrogen-bond acceptors (Lipinski definition) is 5. The number of thiophene rings is 1. The summed E-state index contributed by atoms with van der Waals surface area (Å²) in [5, 5.41) is 0.580. The number of sulfone groups is 1. The van der Waals surface area contributed by atoms with E-state index in [2.05, 4.69) is 0 Å². The van der Waals surface area contributed by atoms with Crippen LogP contribution in [0.15, 0.2) is 21.7 Å². The van der Waals surface area contributed by atoms with Gasteiger partial charge in [0.2, 0.25) is 9.84 Å². The lowest BCUT2D eigenvalue weighted by Gasteiger charge is -2.12. The Labute approximate surface area is 99.2 Å². The van der Waals surface area contributed by atoms with Crippen molar-refractivity contribution in [3.8, 4) is 0 Å². The van der Waals surface area contributed by atoms with Crippen LogP contribution in [-0.2, 0) is 19.4 Å². The lowest BCUT2D eigenvalue weighted by Crippen LogP contribution is -2.31. The summed E-state index contributed by atoms with van der Waals surface area (Å²) in [6, 6.07) is 3.15. The van der Waals surface area contributed by atoms with Gasteiger partial charge in [-0.1, -0.05) is 13.0 Å². The molecule has 0 bridgehead atoms. The first kappa shape index (κ1) is 13.2. The van der Waals surface area contributed by atoms with Gasteiger partial charge in [-0.15, -0.1) is 11.3 Å². The molecule has 0 N–H and O–H groups in total. The van der Waals surface area contributed by atoms with Gasteiger partial charge < -0.3 is 4.74 Å². The van der Waals surface area contributed by atoms with Crippen LogP contribution in [0.2, 0.25) is 0 Å². The van der Waals surface area contributed by atoms with Gasteiger partial charge in [0.05, 0.1) is 6.61 Å². The van der Waals surface area contributed by atoms with E-state index in [-0.39, 0.29) is 17.2 Å². The molecule has 4 nitrogen and oxygen atoms in total. The fourth-order valence-corrected chi connectivity index (χ4v) is 4.12. The summed E-state index contributed by atoms with van der Waals surface area (Å²) < 4.78 is 29.1. The molecule has 1 heterocycles. The molecule has 1 aromatic rings. The number of ether oxygens (including phenoxy) is 1. The van der Waals surface area contributed by atoms with E-state index in [0.717, 1.165) is 11.3 Å². The molecular weight excluding hydrogens is 248 g/mol. The smallest absolute Gasteiger partial charge is 0.324 e. The van der Waals surface area contributed by atoms with Crippen molar-refractivity contribution < 1.29 is 17.9 Å². The summed E-state index contributed by atoms with van der Waals surface area (Å²) in [6.45, 7) is 3.50. The van der Waals surface area contributed by atoms with Crippen LogP contribution in [0.3, 0.4) is 0 Å². The lowest BCUT2D eigenvalue weighted by atomic mass is 10.3. The van der Waals surface area contributed by atoms with Crippen LogP contribution in [0, 0.1) is 0 Å². The molecule has 0 saturated heterocycles. The molecule has 90 valence electrons. The quantitative estimate of drug-likeness (QED) is 0.760. The minimum absolute atomic E-state index is 0.190. The summed E-state index contributed by atoms with van der Waals surface area (Å²) >= 11 is 1.11. The summed E-state index contributed by atoms with van der Waals surface area (Å²) in [7, 11) is -3.59. The Balaban J connectivity index is 3.01. The number of hydrogen-bond donors (Lipinski definition) is 0. The van der Waals surface area contributed by atoms with Gasteiger partial charge >= 0.3 is 5.97 Å². The Morgan fingerprint density at radius 3 is 2.62 bits per heavy atom. The lowest BCUT2D eigenvalue weighted by molar-refractivity contribution is -0.142. The number of rotatable bonds is 5. The molecule has 0 radical (unpaired) electrons. The maximum atomic E-state index is 12.1. The van der Waals surface area contributed by atoms with Gasteiger partial charge in [0.15, 0.2) is 5.25 Å². The molecule has 0 aromatic carbocycles. The van der Waals surface area contributed by atoms with Crippen LogP contribution in [0.25, 0.3) is 0 Å². The predicted octanol–water partition coefficient (Wildman–Crippen LogP) is 1.86. The van der Waals surface area contributed by atoms with Gasteiger partial charge in [-0.05, 0) is 24.8 Å². The van der Waals surface area contributed by atoms with Gasteiger partial charge in [0.25, 0.3) is 0 Å². The van der Waals surface area contributed by atoms with E-state index in [9.17, 15) is 13.2 Å². The van der Waals surface area contributed by atoms with Gasteiger partial charge in [0.1, 0.15) is 4.21 Å². The molecule has 1 rings (SSSR count). The van der Waals surface area contributed by atoms with Crippen molar-refractivity contribution in [3.63, 3.8) is 0 Å². The average molecular weight is 262 g/mol. The Kier molecular flexibility index (Phi) is 4.49. The minimum atomic E-state index is -3.59. The normalized spacial score (nSPS) is 13.4. The highest BCUT2D eigenvalue weighted by atomic mass is 32.2. The maximum absolute atomic E-state index is 12.1. The third kappa shape index (κ3) is 2.62. The third-order valence-corrected chi connectivity index (χ3v) is 5.69. The van der Waals surface area contributed by atoms with Crippen molar-refractivity contribution in [3.05, 3.63) is 17.5 Å². The number of esters is 1. The van der Waals surface area contributed by atoms with E-state index in [1.54, 1.807) is 25.3 Å². The predicted molar refractivity (Wildman–Crippen MR) is 62.2 cm³/mol. The molecule has 0 amide bonds. The van der Waals surface area contributed by atoms with Gasteiger partial charge in [-0.25, -0.2) is 8.42 Å². The third-order valence-electron chi connectivity index (χ3n) is 2.07. The first-order chi connectivity index (χ1) is 7.54. The van der Waals surface area contributed by atoms with Crippen LogP contribution >= 0.6 is 11.3 Å².